The molecule has 2 amide bonds. The topological polar surface area (TPSA) is 87.7 Å². The lowest BCUT2D eigenvalue weighted by molar-refractivity contribution is -0.125. The summed E-state index contributed by atoms with van der Waals surface area (Å²) in [6.45, 7) is 9.24. The normalized spacial score (nSPS) is 18.9. The molecule has 0 radical (unpaired) electrons. The molecule has 1 atom stereocenters. The highest BCUT2D eigenvalue weighted by Gasteiger charge is 2.33. The molecule has 0 aromatic carbocycles. The summed E-state index contributed by atoms with van der Waals surface area (Å²) in [5.41, 5.74) is -1.41. The van der Waals surface area contributed by atoms with Crippen LogP contribution >= 0.6 is 0 Å². The van der Waals surface area contributed by atoms with Gasteiger partial charge in [-0.3, -0.25) is 4.79 Å². The van der Waals surface area contributed by atoms with E-state index >= 15 is 0 Å². The second-order valence-electron chi connectivity index (χ2n) is 7.52. The highest BCUT2D eigenvalue weighted by atomic mass is 16.6. The Morgan fingerprint density at radius 3 is 2.23 bits per heavy atom. The van der Waals surface area contributed by atoms with E-state index in [2.05, 4.69) is 10.6 Å². The Kier molecular flexibility index (Phi) is 6.23. The molecule has 128 valence electrons. The fourth-order valence-corrected chi connectivity index (χ4v) is 2.54. The maximum Gasteiger partial charge on any atom is 0.408 e. The van der Waals surface area contributed by atoms with Crippen molar-refractivity contribution < 1.29 is 19.4 Å². The smallest absolute Gasteiger partial charge is 0.408 e. The monoisotopic (exact) mass is 314 g/mol. The van der Waals surface area contributed by atoms with Crippen molar-refractivity contribution in [2.24, 2.45) is 5.92 Å². The van der Waals surface area contributed by atoms with Crippen LogP contribution in [0.3, 0.4) is 0 Å². The second kappa shape index (κ2) is 7.31. The summed E-state index contributed by atoms with van der Waals surface area (Å²) in [5, 5.41) is 15.6. The molecular formula is C16H30N2O4. The Balaban J connectivity index is 2.54. The number of alkyl carbamates (subject to hydrolysis) is 1. The summed E-state index contributed by atoms with van der Waals surface area (Å²) in [6.07, 6.45) is 2.77. The first-order valence-corrected chi connectivity index (χ1v) is 8.02. The average molecular weight is 314 g/mol. The van der Waals surface area contributed by atoms with Crippen LogP contribution in [0.15, 0.2) is 0 Å². The summed E-state index contributed by atoms with van der Waals surface area (Å²) < 4.78 is 5.19. The zero-order chi connectivity index (χ0) is 17.0. The van der Waals surface area contributed by atoms with E-state index in [1.165, 1.54) is 0 Å². The van der Waals surface area contributed by atoms with Gasteiger partial charge in [0, 0.05) is 6.54 Å². The molecule has 0 aliphatic heterocycles. The molecule has 0 heterocycles. The van der Waals surface area contributed by atoms with Crippen LogP contribution in [0.25, 0.3) is 0 Å². The van der Waals surface area contributed by atoms with Crippen molar-refractivity contribution in [2.75, 3.05) is 6.54 Å². The van der Waals surface area contributed by atoms with E-state index in [4.69, 9.17) is 4.74 Å². The molecule has 1 rings (SSSR count). The number of carbonyl (C=O) groups is 2. The molecule has 1 unspecified atom stereocenters. The Morgan fingerprint density at radius 1 is 1.23 bits per heavy atom. The Morgan fingerprint density at radius 2 is 1.77 bits per heavy atom. The summed E-state index contributed by atoms with van der Waals surface area (Å²) in [6, 6.07) is -0.681. The SMILES string of the molecule is CC(C)C(NC(=O)OC(C)(C)C)C(=O)NCC1(O)CCCC1. The lowest BCUT2D eigenvalue weighted by atomic mass is 10.0. The fourth-order valence-electron chi connectivity index (χ4n) is 2.54. The molecule has 6 heteroatoms. The number of hydrogen-bond donors (Lipinski definition) is 3. The van der Waals surface area contributed by atoms with Gasteiger partial charge >= 0.3 is 6.09 Å². The van der Waals surface area contributed by atoms with Crippen LogP contribution < -0.4 is 10.6 Å². The van der Waals surface area contributed by atoms with Gasteiger partial charge in [0.25, 0.3) is 0 Å². The van der Waals surface area contributed by atoms with E-state index in [0.717, 1.165) is 12.8 Å². The van der Waals surface area contributed by atoms with E-state index in [1.807, 2.05) is 13.8 Å². The molecular weight excluding hydrogens is 284 g/mol. The van der Waals surface area contributed by atoms with E-state index in [9.17, 15) is 14.7 Å². The van der Waals surface area contributed by atoms with Crippen LogP contribution in [-0.4, -0.2) is 40.9 Å². The zero-order valence-corrected chi connectivity index (χ0v) is 14.4. The number of aliphatic hydroxyl groups is 1. The van der Waals surface area contributed by atoms with E-state index < -0.39 is 23.3 Å². The summed E-state index contributed by atoms with van der Waals surface area (Å²) in [7, 11) is 0. The van der Waals surface area contributed by atoms with E-state index in [-0.39, 0.29) is 18.4 Å². The van der Waals surface area contributed by atoms with Gasteiger partial charge in [-0.15, -0.1) is 0 Å². The fraction of sp³-hybridized carbons (Fsp3) is 0.875. The van der Waals surface area contributed by atoms with Gasteiger partial charge in [0.15, 0.2) is 0 Å². The van der Waals surface area contributed by atoms with Gasteiger partial charge in [-0.25, -0.2) is 4.79 Å². The average Bonchev–Trinajstić information content (AvgIpc) is 2.78. The van der Waals surface area contributed by atoms with Crippen LogP contribution in [0.4, 0.5) is 4.79 Å². The van der Waals surface area contributed by atoms with Crippen molar-refractivity contribution in [1.82, 2.24) is 10.6 Å². The molecule has 3 N–H and O–H groups in total. The number of amides is 2. The minimum atomic E-state index is -0.802. The summed E-state index contributed by atoms with van der Waals surface area (Å²) in [4.78, 5) is 24.1. The molecule has 1 aliphatic rings. The van der Waals surface area contributed by atoms with Crippen LogP contribution in [0.2, 0.25) is 0 Å². The molecule has 0 bridgehead atoms. The maximum atomic E-state index is 12.3. The number of ether oxygens (including phenoxy) is 1. The lowest BCUT2D eigenvalue weighted by Crippen LogP contribution is -2.53. The maximum absolute atomic E-state index is 12.3. The van der Waals surface area contributed by atoms with Crippen LogP contribution in [0.1, 0.15) is 60.3 Å². The van der Waals surface area contributed by atoms with E-state index in [0.29, 0.717) is 12.8 Å². The summed E-state index contributed by atoms with van der Waals surface area (Å²) >= 11 is 0. The first kappa shape index (κ1) is 18.7. The van der Waals surface area contributed by atoms with Crippen molar-refractivity contribution >= 4 is 12.0 Å². The molecule has 0 aromatic rings. The predicted octanol–water partition coefficient (Wildman–Crippen LogP) is 1.96. The molecule has 1 saturated carbocycles. The van der Waals surface area contributed by atoms with Gasteiger partial charge in [0.2, 0.25) is 5.91 Å². The Labute approximate surface area is 133 Å². The number of rotatable bonds is 5. The molecule has 0 spiro atoms. The zero-order valence-electron chi connectivity index (χ0n) is 14.4. The first-order chi connectivity index (χ1) is 10.0. The van der Waals surface area contributed by atoms with Gasteiger partial charge in [-0.05, 0) is 39.5 Å². The molecule has 0 aromatic heterocycles. The van der Waals surface area contributed by atoms with Crippen LogP contribution in [-0.2, 0) is 9.53 Å². The van der Waals surface area contributed by atoms with Gasteiger partial charge < -0.3 is 20.5 Å². The standard InChI is InChI=1S/C16H30N2O4/c1-11(2)12(18-14(20)22-15(3,4)5)13(19)17-10-16(21)8-6-7-9-16/h11-12,21H,6-10H2,1-5H3,(H,17,19)(H,18,20). The Bertz CT molecular complexity index is 395. The number of hydrogen-bond acceptors (Lipinski definition) is 4. The summed E-state index contributed by atoms with van der Waals surface area (Å²) in [5.74, 6) is -0.369. The third-order valence-electron chi connectivity index (χ3n) is 3.75. The highest BCUT2D eigenvalue weighted by Crippen LogP contribution is 2.28. The first-order valence-electron chi connectivity index (χ1n) is 8.02. The lowest BCUT2D eigenvalue weighted by Gasteiger charge is -2.27. The number of nitrogens with one attached hydrogen (secondary N) is 2. The predicted molar refractivity (Wildman–Crippen MR) is 84.4 cm³/mol. The van der Waals surface area contributed by atoms with Crippen LogP contribution in [0.5, 0.6) is 0 Å². The van der Waals surface area contributed by atoms with Gasteiger partial charge in [-0.2, -0.15) is 0 Å². The van der Waals surface area contributed by atoms with Gasteiger partial charge in [-0.1, -0.05) is 26.7 Å². The molecule has 6 nitrogen and oxygen atoms in total. The number of carbonyl (C=O) groups excluding carboxylic acids is 2. The highest BCUT2D eigenvalue weighted by molar-refractivity contribution is 5.86. The second-order valence-corrected chi connectivity index (χ2v) is 7.52. The van der Waals surface area contributed by atoms with Crippen molar-refractivity contribution in [2.45, 2.75) is 77.5 Å². The minimum absolute atomic E-state index is 0.0780. The molecule has 1 aliphatic carbocycles. The van der Waals surface area contributed by atoms with Gasteiger partial charge in [0.1, 0.15) is 11.6 Å². The van der Waals surface area contributed by atoms with Crippen molar-refractivity contribution in [3.8, 4) is 0 Å². The van der Waals surface area contributed by atoms with Crippen LogP contribution in [0, 0.1) is 5.92 Å². The quantitative estimate of drug-likeness (QED) is 0.724. The molecule has 0 saturated heterocycles. The molecule has 22 heavy (non-hydrogen) atoms. The largest absolute Gasteiger partial charge is 0.444 e. The van der Waals surface area contributed by atoms with Crippen molar-refractivity contribution in [1.29, 1.82) is 0 Å². The minimum Gasteiger partial charge on any atom is -0.444 e. The van der Waals surface area contributed by atoms with Gasteiger partial charge in [0.05, 0.1) is 5.60 Å². The van der Waals surface area contributed by atoms with Crippen molar-refractivity contribution in [3.63, 3.8) is 0 Å². The van der Waals surface area contributed by atoms with E-state index in [1.54, 1.807) is 20.8 Å². The third kappa shape index (κ3) is 6.22. The third-order valence-corrected chi connectivity index (χ3v) is 3.75. The molecule has 1 fully saturated rings. The van der Waals surface area contributed by atoms with Crippen molar-refractivity contribution in [3.05, 3.63) is 0 Å². The Hall–Kier alpha value is -1.30.